The third kappa shape index (κ3) is 15.0. The molecule has 31 heteroatoms. The number of anilines is 1. The highest BCUT2D eigenvalue weighted by Gasteiger charge is 2.50. The molecule has 25 nitrogen and oxygen atoms in total. The van der Waals surface area contributed by atoms with Crippen LogP contribution in [0.5, 0.6) is 0 Å². The first-order valence-electron chi connectivity index (χ1n) is 24.2. The number of carboxylic acids is 1. The van der Waals surface area contributed by atoms with E-state index < -0.39 is 109 Å². The van der Waals surface area contributed by atoms with Crippen LogP contribution >= 0.6 is 0 Å². The number of aliphatic carboxylic acids is 1. The summed E-state index contributed by atoms with van der Waals surface area (Å²) in [7, 11) is -28.5. The molecule has 0 radical (unpaired) electrons. The molecule has 0 aliphatic carbocycles. The van der Waals surface area contributed by atoms with Crippen LogP contribution in [-0.2, 0) is 90.5 Å². The lowest BCUT2D eigenvalue weighted by Crippen LogP contribution is -2.33. The summed E-state index contributed by atoms with van der Waals surface area (Å²) in [5.41, 5.74) is -1.27. The predicted molar refractivity (Wildman–Crippen MR) is 287 cm³/mol. The van der Waals surface area contributed by atoms with Crippen LogP contribution in [0.25, 0.3) is 21.5 Å². The maximum absolute atomic E-state index is 13.0. The average molecular weight is 1230 g/mol. The van der Waals surface area contributed by atoms with E-state index in [1.54, 1.807) is 30.6 Å². The highest BCUT2D eigenvalue weighted by Crippen LogP contribution is 2.54. The number of hydrogen-bond donors (Lipinski definition) is 7. The van der Waals surface area contributed by atoms with Crippen LogP contribution in [0.2, 0.25) is 0 Å². The van der Waals surface area contributed by atoms with Gasteiger partial charge >= 0.3 is 5.97 Å². The molecule has 79 heavy (non-hydrogen) atoms. The van der Waals surface area contributed by atoms with E-state index in [-0.39, 0.29) is 117 Å². The smallest absolute Gasteiger partial charge is 0.303 e. The fraction of sp³-hybridized carbons (Fsp3) is 0.458. The van der Waals surface area contributed by atoms with Crippen LogP contribution in [-0.4, -0.2) is 164 Å². The van der Waals surface area contributed by atoms with Crippen molar-refractivity contribution in [1.29, 1.82) is 0 Å². The lowest BCUT2D eigenvalue weighted by molar-refractivity contribution is -0.437. The molecule has 7 N–H and O–H groups in total. The third-order valence-corrected chi connectivity index (χ3v) is 18.9. The van der Waals surface area contributed by atoms with E-state index in [0.717, 1.165) is 12.1 Å². The van der Waals surface area contributed by atoms with Gasteiger partial charge in [0.1, 0.15) is 16.3 Å². The molecule has 2 atom stereocenters. The van der Waals surface area contributed by atoms with Crippen molar-refractivity contribution in [2.45, 2.75) is 95.6 Å². The van der Waals surface area contributed by atoms with E-state index in [4.69, 9.17) is 14.2 Å². The van der Waals surface area contributed by atoms with Gasteiger partial charge in [-0.2, -0.15) is 55.1 Å². The topological polar surface area (TPSA) is 397 Å². The van der Waals surface area contributed by atoms with E-state index in [0.29, 0.717) is 48.5 Å². The molecule has 0 saturated carbocycles. The zero-order valence-electron chi connectivity index (χ0n) is 42.9. The summed E-state index contributed by atoms with van der Waals surface area (Å²) < 4.78 is 230. The van der Waals surface area contributed by atoms with Gasteiger partial charge in [-0.05, 0) is 105 Å². The van der Waals surface area contributed by atoms with Crippen molar-refractivity contribution in [3.8, 4) is 0 Å². The Labute approximate surface area is 458 Å². The molecular weight excluding hydrogens is 1160 g/mol. The molecule has 2 unspecified atom stereocenters. The Morgan fingerprint density at radius 2 is 1.13 bits per heavy atom. The molecule has 0 bridgehead atoms. The summed E-state index contributed by atoms with van der Waals surface area (Å²) >= 11 is 0. The second kappa shape index (κ2) is 24.3. The van der Waals surface area contributed by atoms with E-state index in [2.05, 4.69) is 0 Å². The molecule has 4 aromatic rings. The molecule has 0 spiro atoms. The number of methoxy groups -OCH3 is 1. The summed E-state index contributed by atoms with van der Waals surface area (Å²) in [4.78, 5) is 9.69. The summed E-state index contributed by atoms with van der Waals surface area (Å²) in [5.74, 6) is -2.62. The maximum atomic E-state index is 13.0. The monoisotopic (exact) mass is 1230 g/mol. The van der Waals surface area contributed by atoms with Crippen LogP contribution in [0, 0.1) is 0 Å². The fourth-order valence-corrected chi connectivity index (χ4v) is 14.1. The molecule has 0 fully saturated rings. The minimum absolute atomic E-state index is 0.0219. The number of rotatable bonds is 29. The number of carboxylic acid groups (broad SMARTS) is 1. The molecule has 0 amide bonds. The minimum atomic E-state index is -5.25. The highest BCUT2D eigenvalue weighted by molar-refractivity contribution is 7.87. The van der Waals surface area contributed by atoms with Crippen molar-refractivity contribution >= 4 is 105 Å². The Morgan fingerprint density at radius 3 is 1.66 bits per heavy atom. The molecule has 436 valence electrons. The Kier molecular flexibility index (Phi) is 19.5. The normalized spacial score (nSPS) is 18.9. The van der Waals surface area contributed by atoms with Crippen molar-refractivity contribution < 1.29 is 107 Å². The van der Waals surface area contributed by atoms with Gasteiger partial charge in [-0.3, -0.25) is 32.1 Å². The van der Waals surface area contributed by atoms with Crippen LogP contribution in [0.15, 0.2) is 92.0 Å². The summed E-state index contributed by atoms with van der Waals surface area (Å²) in [6.07, 6.45) is 4.80. The molecule has 6 rings (SSSR count). The molecule has 0 aromatic heterocycles. The van der Waals surface area contributed by atoms with Crippen molar-refractivity contribution in [2.24, 2.45) is 0 Å². The first-order valence-corrected chi connectivity index (χ1v) is 33.2. The van der Waals surface area contributed by atoms with Crippen LogP contribution in [0.1, 0.15) is 76.3 Å². The number of allylic oxidation sites excluding steroid dienone is 4. The number of unbranched alkanes of at least 4 members (excludes halogenated alkanes) is 2. The van der Waals surface area contributed by atoms with Gasteiger partial charge in [0.2, 0.25) is 5.69 Å². The third-order valence-electron chi connectivity index (χ3n) is 13.8. The van der Waals surface area contributed by atoms with Crippen LogP contribution < -0.4 is 4.90 Å². The number of benzene rings is 4. The molecule has 4 aromatic carbocycles. The lowest BCUT2D eigenvalue weighted by atomic mass is 9.74. The summed E-state index contributed by atoms with van der Waals surface area (Å²) in [6.45, 7) is 4.01. The standard InChI is InChI=1S/C48H60N2O23S6/c1-47(17-8-26-74(53,54)55)42(50(20-9-27-75(56,57)58)38-15-13-34-36(45(38)47)28-32(76(59,60)61)30-40(34)78(65,66)67)10-7-11-43-48(2,18-21-72-24-25-73-23-22-71-3)46-37-29-33(77(62,63)64)31-41(79(68,69)70)35(37)14-16-39(46)49(43)19-6-4-5-12-44(51)52/h7,10-11,13-16,28-31H,4-6,8-9,12,17-27H2,1-3H3,(H6-,51,52,53,54,55,56,57,58,59,60,61,62,63,64,65,66,67,68,69,70)/p+1. The Hall–Kier alpha value is -4.84. The Bertz CT molecular complexity index is 3840. The largest absolute Gasteiger partial charge is 0.481 e. The number of hydrogen-bond acceptors (Lipinski definition) is 17. The number of fused-ring (bicyclic) bond motifs is 6. The second-order valence-electron chi connectivity index (χ2n) is 19.3. The van der Waals surface area contributed by atoms with Gasteiger partial charge in [0, 0.05) is 78.4 Å². The average Bonchev–Trinajstić information content (AvgIpc) is 3.99. The molecule has 2 aliphatic rings. The summed E-state index contributed by atoms with van der Waals surface area (Å²) in [5, 5.41) is 8.81. The van der Waals surface area contributed by atoms with Gasteiger partial charge in [0.15, 0.2) is 5.71 Å². The van der Waals surface area contributed by atoms with Gasteiger partial charge in [0.05, 0.1) is 53.1 Å². The summed E-state index contributed by atoms with van der Waals surface area (Å²) in [6, 6.07) is 8.65. The fourth-order valence-electron chi connectivity index (χ4n) is 10.4. The van der Waals surface area contributed by atoms with E-state index in [1.165, 1.54) is 37.5 Å². The lowest BCUT2D eigenvalue weighted by Gasteiger charge is -2.31. The SMILES string of the molecule is COCCOCCOCCC1(C)/C(=C\C=C\C2=[N+](CCCS(=O)(=O)O)c3ccc4c(S(=O)(=O)O)cc(S(=O)(=O)O)cc4c3C2(C)CCCS(=O)(=O)O)N(CCCCCC(=O)O)c2ccc3c(S(=O)(=O)O)cc(S(=O)(=O)O)cc3c21. The van der Waals surface area contributed by atoms with E-state index >= 15 is 0 Å². The van der Waals surface area contributed by atoms with Gasteiger partial charge in [-0.15, -0.1) is 0 Å². The van der Waals surface area contributed by atoms with E-state index in [1.807, 2.05) is 4.90 Å². The van der Waals surface area contributed by atoms with Crippen molar-refractivity contribution in [3.05, 3.63) is 83.6 Å². The van der Waals surface area contributed by atoms with Gasteiger partial charge < -0.3 is 24.2 Å². The number of nitrogens with zero attached hydrogens (tertiary/aromatic N) is 2. The van der Waals surface area contributed by atoms with Crippen LogP contribution in [0.4, 0.5) is 11.4 Å². The quantitative estimate of drug-likeness (QED) is 0.0208. The Morgan fingerprint density at radius 1 is 0.595 bits per heavy atom. The van der Waals surface area contributed by atoms with Crippen molar-refractivity contribution in [2.75, 3.05) is 69.6 Å². The maximum Gasteiger partial charge on any atom is 0.303 e. The zero-order chi connectivity index (χ0) is 58.7. The van der Waals surface area contributed by atoms with Crippen LogP contribution in [0.3, 0.4) is 0 Å². The molecule has 2 heterocycles. The first kappa shape index (κ1) is 63.3. The van der Waals surface area contributed by atoms with Crippen molar-refractivity contribution in [3.63, 3.8) is 0 Å². The Balaban J connectivity index is 1.66. The minimum Gasteiger partial charge on any atom is -0.481 e. The molecule has 0 saturated heterocycles. The van der Waals surface area contributed by atoms with Gasteiger partial charge in [0.25, 0.3) is 60.7 Å². The number of carbonyl (C=O) groups is 1. The van der Waals surface area contributed by atoms with Gasteiger partial charge in [-0.1, -0.05) is 18.6 Å². The van der Waals surface area contributed by atoms with Gasteiger partial charge in [-0.25, -0.2) is 0 Å². The highest BCUT2D eigenvalue weighted by atomic mass is 32.2. The van der Waals surface area contributed by atoms with E-state index in [9.17, 15) is 87.7 Å². The number of ether oxygens (including phenoxy) is 3. The molecular formula is C48H61N2O23S6+. The predicted octanol–water partition coefficient (Wildman–Crippen LogP) is 5.21. The van der Waals surface area contributed by atoms with Crippen molar-refractivity contribution in [1.82, 2.24) is 0 Å². The second-order valence-corrected chi connectivity index (χ2v) is 28.1. The molecule has 2 aliphatic heterocycles. The first-order chi connectivity index (χ1) is 36.5. The zero-order valence-corrected chi connectivity index (χ0v) is 47.8.